The molecular formula is C15H13N3OS. The number of benzene rings is 1. The van der Waals surface area contributed by atoms with Gasteiger partial charge in [0.15, 0.2) is 0 Å². The van der Waals surface area contributed by atoms with E-state index in [4.69, 9.17) is 15.9 Å². The molecule has 0 aliphatic carbocycles. The highest BCUT2D eigenvalue weighted by Gasteiger charge is 2.09. The molecule has 0 spiro atoms. The Morgan fingerprint density at radius 2 is 2.10 bits per heavy atom. The summed E-state index contributed by atoms with van der Waals surface area (Å²) in [4.78, 5) is 5.58. The van der Waals surface area contributed by atoms with Crippen molar-refractivity contribution in [2.75, 3.05) is 0 Å². The summed E-state index contributed by atoms with van der Waals surface area (Å²) < 4.78 is 5.70. The second kappa shape index (κ2) is 5.30. The van der Waals surface area contributed by atoms with Crippen molar-refractivity contribution >= 4 is 28.1 Å². The van der Waals surface area contributed by atoms with E-state index in [9.17, 15) is 0 Å². The summed E-state index contributed by atoms with van der Waals surface area (Å²) in [7, 11) is 0. The van der Waals surface area contributed by atoms with Gasteiger partial charge in [-0.2, -0.15) is 0 Å². The molecule has 3 rings (SSSR count). The maximum Gasteiger partial charge on any atom is 0.214 e. The van der Waals surface area contributed by atoms with E-state index >= 15 is 0 Å². The Labute approximate surface area is 120 Å². The van der Waals surface area contributed by atoms with Crippen LogP contribution in [0.4, 0.5) is 0 Å². The number of nitrogens with one attached hydrogen (secondary N) is 1. The highest BCUT2D eigenvalue weighted by molar-refractivity contribution is 7.09. The third-order valence-corrected chi connectivity index (χ3v) is 3.78. The molecule has 5 heteroatoms. The predicted molar refractivity (Wildman–Crippen MR) is 81.4 cm³/mol. The molecule has 2 aromatic heterocycles. The molecule has 0 bridgehead atoms. The lowest BCUT2D eigenvalue weighted by molar-refractivity contribution is 0.298. The topological polar surface area (TPSA) is 72.0 Å². The Morgan fingerprint density at radius 3 is 2.85 bits per heavy atom. The number of amidine groups is 1. The summed E-state index contributed by atoms with van der Waals surface area (Å²) in [5.41, 5.74) is 7.07. The first kappa shape index (κ1) is 12.6. The van der Waals surface area contributed by atoms with E-state index in [1.807, 2.05) is 41.8 Å². The molecule has 0 atom stereocenters. The number of nitrogens with zero attached hydrogens (tertiary/aromatic N) is 1. The van der Waals surface area contributed by atoms with Crippen molar-refractivity contribution < 1.29 is 4.74 Å². The fraction of sp³-hybridized carbons (Fsp3) is 0.0667. The van der Waals surface area contributed by atoms with Gasteiger partial charge in [0.2, 0.25) is 5.88 Å². The third-order valence-electron chi connectivity index (χ3n) is 2.93. The summed E-state index contributed by atoms with van der Waals surface area (Å²) in [6.07, 6.45) is 0. The number of fused-ring (bicyclic) bond motifs is 1. The smallest absolute Gasteiger partial charge is 0.214 e. The molecule has 0 aliphatic heterocycles. The maximum atomic E-state index is 7.68. The van der Waals surface area contributed by atoms with E-state index in [1.165, 1.54) is 0 Å². The van der Waals surface area contributed by atoms with E-state index in [1.54, 1.807) is 17.4 Å². The number of ether oxygens (including phenoxy) is 1. The zero-order chi connectivity index (χ0) is 13.9. The lowest BCUT2D eigenvalue weighted by atomic mass is 10.1. The maximum absolute atomic E-state index is 7.68. The molecule has 100 valence electrons. The van der Waals surface area contributed by atoms with Crippen molar-refractivity contribution in [1.29, 1.82) is 5.41 Å². The van der Waals surface area contributed by atoms with E-state index in [0.29, 0.717) is 18.1 Å². The first-order chi connectivity index (χ1) is 9.74. The van der Waals surface area contributed by atoms with Crippen LogP contribution < -0.4 is 10.5 Å². The number of thiophene rings is 1. The van der Waals surface area contributed by atoms with Gasteiger partial charge in [0.25, 0.3) is 0 Å². The van der Waals surface area contributed by atoms with Gasteiger partial charge in [0.1, 0.15) is 12.4 Å². The average Bonchev–Trinajstić information content (AvgIpc) is 2.97. The van der Waals surface area contributed by atoms with Crippen molar-refractivity contribution in [3.63, 3.8) is 0 Å². The van der Waals surface area contributed by atoms with Crippen LogP contribution in [0.2, 0.25) is 0 Å². The van der Waals surface area contributed by atoms with Gasteiger partial charge in [-0.25, -0.2) is 4.98 Å². The lowest BCUT2D eigenvalue weighted by Gasteiger charge is -2.09. The van der Waals surface area contributed by atoms with Crippen LogP contribution in [0.15, 0.2) is 47.8 Å². The molecule has 0 radical (unpaired) electrons. The molecule has 0 aliphatic rings. The van der Waals surface area contributed by atoms with E-state index in [-0.39, 0.29) is 5.84 Å². The van der Waals surface area contributed by atoms with Crippen LogP contribution in [0.25, 0.3) is 10.9 Å². The monoisotopic (exact) mass is 283 g/mol. The average molecular weight is 283 g/mol. The van der Waals surface area contributed by atoms with Crippen molar-refractivity contribution in [3.8, 4) is 5.88 Å². The molecule has 0 amide bonds. The molecule has 3 N–H and O–H groups in total. The molecule has 3 aromatic rings. The molecule has 2 heterocycles. The Balaban J connectivity index is 1.97. The number of rotatable bonds is 4. The first-order valence-corrected chi connectivity index (χ1v) is 7.01. The van der Waals surface area contributed by atoms with Gasteiger partial charge in [-0.05, 0) is 17.5 Å². The summed E-state index contributed by atoms with van der Waals surface area (Å²) in [6.45, 7) is 0.473. The van der Waals surface area contributed by atoms with Crippen LogP contribution in [0.3, 0.4) is 0 Å². The van der Waals surface area contributed by atoms with Crippen molar-refractivity contribution in [3.05, 3.63) is 58.3 Å². The van der Waals surface area contributed by atoms with Crippen LogP contribution in [0, 0.1) is 5.41 Å². The largest absolute Gasteiger partial charge is 0.472 e. The van der Waals surface area contributed by atoms with Crippen molar-refractivity contribution in [1.82, 2.24) is 4.98 Å². The van der Waals surface area contributed by atoms with Crippen LogP contribution in [0.1, 0.15) is 10.4 Å². The third kappa shape index (κ3) is 2.48. The van der Waals surface area contributed by atoms with Crippen molar-refractivity contribution in [2.45, 2.75) is 6.61 Å². The fourth-order valence-electron chi connectivity index (χ4n) is 1.99. The summed E-state index contributed by atoms with van der Waals surface area (Å²) in [5, 5.41) is 10.6. The Hall–Kier alpha value is -2.40. The molecule has 0 fully saturated rings. The number of hydrogen-bond donors (Lipinski definition) is 2. The first-order valence-electron chi connectivity index (χ1n) is 6.13. The molecule has 0 unspecified atom stereocenters. The number of aromatic nitrogens is 1. The SMILES string of the molecule is N=C(N)c1cc(OCc2cccs2)nc2ccccc12. The zero-order valence-electron chi connectivity index (χ0n) is 10.7. The molecule has 1 aromatic carbocycles. The zero-order valence-corrected chi connectivity index (χ0v) is 11.5. The van der Waals surface area contributed by atoms with Crippen molar-refractivity contribution in [2.24, 2.45) is 5.73 Å². The predicted octanol–water partition coefficient (Wildman–Crippen LogP) is 3.16. The lowest BCUT2D eigenvalue weighted by Crippen LogP contribution is -2.12. The Bertz CT molecular complexity index is 753. The van der Waals surface area contributed by atoms with Crippen LogP contribution in [-0.2, 0) is 6.61 Å². The Kier molecular flexibility index (Phi) is 3.35. The van der Waals surface area contributed by atoms with E-state index < -0.39 is 0 Å². The van der Waals surface area contributed by atoms with E-state index in [0.717, 1.165) is 15.8 Å². The molecule has 20 heavy (non-hydrogen) atoms. The number of nitrogen functional groups attached to an aromatic ring is 1. The highest BCUT2D eigenvalue weighted by atomic mass is 32.1. The molecular weight excluding hydrogens is 270 g/mol. The number of pyridine rings is 1. The number of hydrogen-bond acceptors (Lipinski definition) is 4. The second-order valence-corrected chi connectivity index (χ2v) is 5.34. The minimum Gasteiger partial charge on any atom is -0.472 e. The van der Waals surface area contributed by atoms with E-state index in [2.05, 4.69) is 4.98 Å². The second-order valence-electron chi connectivity index (χ2n) is 4.31. The minimum absolute atomic E-state index is 0.0181. The Morgan fingerprint density at radius 1 is 1.25 bits per heavy atom. The van der Waals surface area contributed by atoms with Crippen LogP contribution in [-0.4, -0.2) is 10.8 Å². The number of nitrogens with two attached hydrogens (primary N) is 1. The quantitative estimate of drug-likeness (QED) is 0.570. The molecule has 4 nitrogen and oxygen atoms in total. The van der Waals surface area contributed by atoms with Gasteiger partial charge in [0, 0.05) is 21.9 Å². The van der Waals surface area contributed by atoms with Gasteiger partial charge >= 0.3 is 0 Å². The summed E-state index contributed by atoms with van der Waals surface area (Å²) >= 11 is 1.64. The standard InChI is InChI=1S/C15H13N3OS/c16-15(17)12-8-14(19-9-10-4-3-7-20-10)18-13-6-2-1-5-11(12)13/h1-8H,9H2,(H3,16,17). The van der Waals surface area contributed by atoms with Gasteiger partial charge < -0.3 is 10.5 Å². The molecule has 0 saturated carbocycles. The van der Waals surface area contributed by atoms with Gasteiger partial charge in [0.05, 0.1) is 5.52 Å². The minimum atomic E-state index is 0.0181. The highest BCUT2D eigenvalue weighted by Crippen LogP contribution is 2.22. The van der Waals surface area contributed by atoms with Crippen LogP contribution >= 0.6 is 11.3 Å². The molecule has 0 saturated heterocycles. The summed E-state index contributed by atoms with van der Waals surface area (Å²) in [5.74, 6) is 0.506. The van der Waals surface area contributed by atoms with Gasteiger partial charge in [-0.1, -0.05) is 24.3 Å². The van der Waals surface area contributed by atoms with Crippen LogP contribution in [0.5, 0.6) is 5.88 Å². The fourth-order valence-corrected chi connectivity index (χ4v) is 2.60. The normalized spacial score (nSPS) is 10.6. The summed E-state index contributed by atoms with van der Waals surface area (Å²) in [6, 6.07) is 13.3. The number of para-hydroxylation sites is 1. The van der Waals surface area contributed by atoms with Gasteiger partial charge in [-0.3, -0.25) is 5.41 Å². The van der Waals surface area contributed by atoms with Gasteiger partial charge in [-0.15, -0.1) is 11.3 Å².